The van der Waals surface area contributed by atoms with Gasteiger partial charge >= 0.3 is 0 Å². The van der Waals surface area contributed by atoms with Gasteiger partial charge in [0, 0.05) is 63.2 Å². The summed E-state index contributed by atoms with van der Waals surface area (Å²) >= 11 is 0. The SMILES string of the molecule is Cc1ccc(N2CCCC(Nc3cc(CN4CCN(c5ccccc5C#N)CC4)c(C)cc3C)CC2)cc1. The molecule has 1 atom stereocenters. The quantitative estimate of drug-likeness (QED) is 0.426. The molecule has 2 saturated heterocycles. The van der Waals surface area contributed by atoms with E-state index >= 15 is 0 Å². The number of nitrogens with one attached hydrogen (secondary N) is 1. The molecule has 2 aliphatic heterocycles. The van der Waals surface area contributed by atoms with Crippen LogP contribution in [0.25, 0.3) is 0 Å². The highest BCUT2D eigenvalue weighted by Gasteiger charge is 2.21. The highest BCUT2D eigenvalue weighted by molar-refractivity contribution is 5.59. The standard InChI is InChI=1S/C33H41N5/c1-25-10-12-31(13-11-25)37-15-6-8-30(14-16-37)35-32-22-29(26(2)21-27(32)3)24-36-17-19-38(20-18-36)33-9-5-4-7-28(33)23-34/h4-5,7,9-13,21-22,30,35H,6,8,14-20,24H2,1-3H3. The number of aryl methyl sites for hydroxylation is 3. The predicted molar refractivity (Wildman–Crippen MR) is 159 cm³/mol. The number of rotatable bonds is 6. The molecule has 2 heterocycles. The Morgan fingerprint density at radius 3 is 2.34 bits per heavy atom. The summed E-state index contributed by atoms with van der Waals surface area (Å²) in [6.07, 6.45) is 3.57. The van der Waals surface area contributed by atoms with Crippen molar-refractivity contribution in [1.29, 1.82) is 5.26 Å². The average molecular weight is 508 g/mol. The molecule has 3 aromatic carbocycles. The van der Waals surface area contributed by atoms with Crippen molar-refractivity contribution in [2.75, 3.05) is 54.4 Å². The molecule has 1 N–H and O–H groups in total. The van der Waals surface area contributed by atoms with Crippen LogP contribution < -0.4 is 15.1 Å². The number of hydrogen-bond acceptors (Lipinski definition) is 5. The minimum absolute atomic E-state index is 0.503. The van der Waals surface area contributed by atoms with Gasteiger partial charge in [-0.15, -0.1) is 0 Å². The van der Waals surface area contributed by atoms with Crippen LogP contribution in [0.4, 0.5) is 17.1 Å². The van der Waals surface area contributed by atoms with E-state index in [0.29, 0.717) is 6.04 Å². The number of nitriles is 1. The van der Waals surface area contributed by atoms with Crippen molar-refractivity contribution in [3.63, 3.8) is 0 Å². The predicted octanol–water partition coefficient (Wildman–Crippen LogP) is 6.28. The summed E-state index contributed by atoms with van der Waals surface area (Å²) in [5.41, 5.74) is 9.92. The molecule has 3 aromatic rings. The fourth-order valence-electron chi connectivity index (χ4n) is 5.93. The fraction of sp³-hybridized carbons (Fsp3) is 0.424. The fourth-order valence-corrected chi connectivity index (χ4v) is 5.93. The Morgan fingerprint density at radius 2 is 1.58 bits per heavy atom. The maximum atomic E-state index is 9.49. The molecule has 0 saturated carbocycles. The molecule has 2 aliphatic rings. The Labute approximate surface area is 228 Å². The number of anilines is 3. The molecule has 5 nitrogen and oxygen atoms in total. The molecule has 198 valence electrons. The Morgan fingerprint density at radius 1 is 0.816 bits per heavy atom. The maximum Gasteiger partial charge on any atom is 0.101 e. The van der Waals surface area contributed by atoms with E-state index in [9.17, 15) is 5.26 Å². The van der Waals surface area contributed by atoms with E-state index in [1.54, 1.807) is 0 Å². The molecule has 0 radical (unpaired) electrons. The highest BCUT2D eigenvalue weighted by Crippen LogP contribution is 2.27. The van der Waals surface area contributed by atoms with Crippen LogP contribution in [0.5, 0.6) is 0 Å². The van der Waals surface area contributed by atoms with Gasteiger partial charge in [0.25, 0.3) is 0 Å². The second-order valence-corrected chi connectivity index (χ2v) is 11.1. The number of para-hydroxylation sites is 1. The maximum absolute atomic E-state index is 9.49. The van der Waals surface area contributed by atoms with E-state index in [4.69, 9.17) is 0 Å². The van der Waals surface area contributed by atoms with Gasteiger partial charge in [-0.25, -0.2) is 0 Å². The Bertz CT molecular complexity index is 1270. The van der Waals surface area contributed by atoms with E-state index in [2.05, 4.69) is 89.3 Å². The molecule has 0 aliphatic carbocycles. The van der Waals surface area contributed by atoms with Gasteiger partial charge in [0.1, 0.15) is 6.07 Å². The van der Waals surface area contributed by atoms with Crippen LogP contribution in [0.15, 0.2) is 60.7 Å². The zero-order valence-electron chi connectivity index (χ0n) is 23.2. The first-order valence-electron chi connectivity index (χ1n) is 14.1. The van der Waals surface area contributed by atoms with Crippen molar-refractivity contribution in [3.05, 3.63) is 88.5 Å². The molecule has 0 spiro atoms. The number of piperazine rings is 1. The van der Waals surface area contributed by atoms with E-state index in [1.165, 1.54) is 46.5 Å². The zero-order valence-corrected chi connectivity index (χ0v) is 23.2. The second kappa shape index (κ2) is 11.9. The van der Waals surface area contributed by atoms with Crippen molar-refractivity contribution < 1.29 is 0 Å². The number of nitrogens with zero attached hydrogens (tertiary/aromatic N) is 4. The topological polar surface area (TPSA) is 45.5 Å². The molecule has 5 rings (SSSR count). The third-order valence-electron chi connectivity index (χ3n) is 8.30. The highest BCUT2D eigenvalue weighted by atomic mass is 15.3. The van der Waals surface area contributed by atoms with Crippen molar-refractivity contribution in [2.24, 2.45) is 0 Å². The van der Waals surface area contributed by atoms with Crippen molar-refractivity contribution in [3.8, 4) is 6.07 Å². The largest absolute Gasteiger partial charge is 0.382 e. The molecule has 5 heteroatoms. The van der Waals surface area contributed by atoms with Crippen molar-refractivity contribution in [2.45, 2.75) is 52.6 Å². The third kappa shape index (κ3) is 6.14. The van der Waals surface area contributed by atoms with Gasteiger partial charge in [-0.2, -0.15) is 5.26 Å². The summed E-state index contributed by atoms with van der Waals surface area (Å²) in [7, 11) is 0. The van der Waals surface area contributed by atoms with Gasteiger partial charge in [0.15, 0.2) is 0 Å². The van der Waals surface area contributed by atoms with Gasteiger partial charge in [-0.1, -0.05) is 35.9 Å². The first-order valence-corrected chi connectivity index (χ1v) is 14.1. The van der Waals surface area contributed by atoms with E-state index < -0.39 is 0 Å². The molecule has 2 fully saturated rings. The summed E-state index contributed by atoms with van der Waals surface area (Å²) in [5.74, 6) is 0. The molecule has 0 amide bonds. The van der Waals surface area contributed by atoms with E-state index in [0.717, 1.165) is 63.5 Å². The van der Waals surface area contributed by atoms with Gasteiger partial charge in [0.2, 0.25) is 0 Å². The van der Waals surface area contributed by atoms with Gasteiger partial charge in [-0.05, 0) is 87.1 Å². The Balaban J connectivity index is 1.20. The Hall–Kier alpha value is -3.49. The number of hydrogen-bond donors (Lipinski definition) is 1. The molecule has 0 aromatic heterocycles. The molecule has 38 heavy (non-hydrogen) atoms. The van der Waals surface area contributed by atoms with Crippen molar-refractivity contribution in [1.82, 2.24) is 4.90 Å². The Kier molecular flexibility index (Phi) is 8.20. The summed E-state index contributed by atoms with van der Waals surface area (Å²) in [6, 6.07) is 24.5. The monoisotopic (exact) mass is 507 g/mol. The van der Waals surface area contributed by atoms with Crippen LogP contribution in [-0.4, -0.2) is 50.2 Å². The van der Waals surface area contributed by atoms with Crippen LogP contribution >= 0.6 is 0 Å². The number of benzene rings is 3. The summed E-state index contributed by atoms with van der Waals surface area (Å²) in [5, 5.41) is 13.4. The molecular formula is C33H41N5. The zero-order chi connectivity index (χ0) is 26.5. The van der Waals surface area contributed by atoms with Crippen LogP contribution in [0, 0.1) is 32.1 Å². The van der Waals surface area contributed by atoms with Crippen LogP contribution in [0.2, 0.25) is 0 Å². The lowest BCUT2D eigenvalue weighted by molar-refractivity contribution is 0.249. The van der Waals surface area contributed by atoms with Crippen LogP contribution in [-0.2, 0) is 6.54 Å². The third-order valence-corrected chi connectivity index (χ3v) is 8.30. The second-order valence-electron chi connectivity index (χ2n) is 11.1. The normalized spacial score (nSPS) is 18.6. The van der Waals surface area contributed by atoms with Crippen LogP contribution in [0.1, 0.15) is 47.1 Å². The molecule has 1 unspecified atom stereocenters. The molecule has 0 bridgehead atoms. The first kappa shape index (κ1) is 26.1. The van der Waals surface area contributed by atoms with Gasteiger partial charge in [0.05, 0.1) is 11.3 Å². The lowest BCUT2D eigenvalue weighted by Crippen LogP contribution is -2.46. The van der Waals surface area contributed by atoms with Gasteiger partial charge in [-0.3, -0.25) is 4.90 Å². The van der Waals surface area contributed by atoms with Crippen LogP contribution in [0.3, 0.4) is 0 Å². The summed E-state index contributed by atoms with van der Waals surface area (Å²) < 4.78 is 0. The summed E-state index contributed by atoms with van der Waals surface area (Å²) in [4.78, 5) is 7.46. The van der Waals surface area contributed by atoms with E-state index in [1.807, 2.05) is 18.2 Å². The van der Waals surface area contributed by atoms with Crippen molar-refractivity contribution >= 4 is 17.1 Å². The minimum atomic E-state index is 0.503. The lowest BCUT2D eigenvalue weighted by Gasteiger charge is -2.36. The van der Waals surface area contributed by atoms with E-state index in [-0.39, 0.29) is 0 Å². The minimum Gasteiger partial charge on any atom is -0.382 e. The summed E-state index contributed by atoms with van der Waals surface area (Å²) in [6.45, 7) is 13.8. The lowest BCUT2D eigenvalue weighted by atomic mass is 10.0. The smallest absolute Gasteiger partial charge is 0.101 e. The molecular weight excluding hydrogens is 466 g/mol. The first-order chi connectivity index (χ1) is 18.5. The van der Waals surface area contributed by atoms with Gasteiger partial charge < -0.3 is 15.1 Å². The average Bonchev–Trinajstić information content (AvgIpc) is 3.18.